The number of imidazole rings is 1. The molecule has 0 spiro atoms. The summed E-state index contributed by atoms with van der Waals surface area (Å²) >= 11 is 0. The van der Waals surface area contributed by atoms with Crippen molar-refractivity contribution in [1.29, 1.82) is 0 Å². The summed E-state index contributed by atoms with van der Waals surface area (Å²) in [6.45, 7) is 1.59. The molecule has 10 heteroatoms. The first-order chi connectivity index (χ1) is 21.3. The Morgan fingerprint density at radius 3 is 2.55 bits per heavy atom. The number of nitrogens with zero attached hydrogens (tertiary/aromatic N) is 5. The molecule has 4 heterocycles. The summed E-state index contributed by atoms with van der Waals surface area (Å²) in [7, 11) is 3.58. The predicted octanol–water partition coefficient (Wildman–Crippen LogP) is 5.54. The van der Waals surface area contributed by atoms with Gasteiger partial charge in [-0.1, -0.05) is 0 Å². The van der Waals surface area contributed by atoms with Crippen molar-refractivity contribution in [2.75, 3.05) is 13.7 Å². The molecule has 44 heavy (non-hydrogen) atoms. The van der Waals surface area contributed by atoms with Gasteiger partial charge < -0.3 is 24.5 Å². The van der Waals surface area contributed by atoms with Gasteiger partial charge in [0.2, 0.25) is 5.91 Å². The molecule has 9 nitrogen and oxygen atoms in total. The first-order valence-corrected chi connectivity index (χ1v) is 15.2. The normalized spacial score (nSPS) is 19.4. The van der Waals surface area contributed by atoms with E-state index in [0.29, 0.717) is 46.0 Å². The van der Waals surface area contributed by atoms with Crippen molar-refractivity contribution < 1.29 is 18.7 Å². The number of hydrogen-bond acceptors (Lipinski definition) is 5. The van der Waals surface area contributed by atoms with Crippen LogP contribution in [0.1, 0.15) is 52.8 Å². The molecule has 1 aliphatic heterocycles. The van der Waals surface area contributed by atoms with Crippen LogP contribution in [0.4, 0.5) is 4.39 Å². The van der Waals surface area contributed by atoms with E-state index in [4.69, 9.17) is 20.4 Å². The summed E-state index contributed by atoms with van der Waals surface area (Å²) in [4.78, 5) is 37.2. The standard InChI is InChI=1S/C34H33FN6O3/c1-39-30-27(13-22(15-29(30)44-2)34(43)40-17-19-5-8-23(40)11-19)38-33(39)28-14-21-7-10-26(37-32(21)41(28)16-18-3-4-18)24-9-6-20(31(36)42)12-25(24)35/h6-7,9-10,12-15,18-19,23H,3-5,8,11,16-17H2,1-2H3,(H2,36,42). The van der Waals surface area contributed by atoms with Crippen LogP contribution in [0.25, 0.3) is 44.8 Å². The van der Waals surface area contributed by atoms with Gasteiger partial charge in [-0.05, 0) is 92.5 Å². The van der Waals surface area contributed by atoms with Crippen molar-refractivity contribution >= 4 is 33.9 Å². The van der Waals surface area contributed by atoms with E-state index in [1.165, 1.54) is 12.5 Å². The minimum Gasteiger partial charge on any atom is -0.494 e. The van der Waals surface area contributed by atoms with Gasteiger partial charge in [-0.2, -0.15) is 0 Å². The SMILES string of the molecule is COc1cc(C(=O)N2CC3CCC2C3)cc2nc(-c3cc4ccc(-c5ccc(C(N)=O)cc5F)nc4n3CC3CC3)n(C)c12. The van der Waals surface area contributed by atoms with E-state index in [1.807, 2.05) is 34.7 Å². The Kier molecular flexibility index (Phi) is 6.05. The second kappa shape index (κ2) is 9.90. The van der Waals surface area contributed by atoms with Crippen molar-refractivity contribution in [3.63, 3.8) is 0 Å². The number of aryl methyl sites for hydroxylation is 1. The number of carbonyl (C=O) groups excluding carboxylic acids is 2. The highest BCUT2D eigenvalue weighted by Crippen LogP contribution is 2.40. The number of primary amides is 1. The Labute approximate surface area is 253 Å². The highest BCUT2D eigenvalue weighted by molar-refractivity contribution is 6.00. The zero-order chi connectivity index (χ0) is 30.3. The molecule has 2 amide bonds. The minimum absolute atomic E-state index is 0.0419. The second-order valence-electron chi connectivity index (χ2n) is 12.6. The molecule has 3 aliphatic rings. The van der Waals surface area contributed by atoms with Crippen LogP contribution in [0, 0.1) is 17.7 Å². The number of likely N-dealkylation sites (tertiary alicyclic amines) is 1. The van der Waals surface area contributed by atoms with Crippen molar-refractivity contribution in [2.45, 2.75) is 44.7 Å². The van der Waals surface area contributed by atoms with Crippen LogP contribution in [-0.4, -0.2) is 55.5 Å². The third-order valence-corrected chi connectivity index (χ3v) is 9.71. The van der Waals surface area contributed by atoms with Crippen LogP contribution in [0.3, 0.4) is 0 Å². The van der Waals surface area contributed by atoms with Crippen LogP contribution in [0.5, 0.6) is 5.75 Å². The molecular formula is C34H33FN6O3. The molecule has 2 saturated carbocycles. The lowest BCUT2D eigenvalue weighted by Crippen LogP contribution is -2.37. The van der Waals surface area contributed by atoms with Crippen LogP contribution in [0.2, 0.25) is 0 Å². The van der Waals surface area contributed by atoms with Gasteiger partial charge in [-0.25, -0.2) is 14.4 Å². The van der Waals surface area contributed by atoms with Crippen LogP contribution in [0.15, 0.2) is 48.5 Å². The molecule has 3 fully saturated rings. The summed E-state index contributed by atoms with van der Waals surface area (Å²) in [5, 5.41) is 0.914. The summed E-state index contributed by atoms with van der Waals surface area (Å²) in [5.41, 5.74) is 9.97. The lowest BCUT2D eigenvalue weighted by molar-refractivity contribution is 0.0703. The van der Waals surface area contributed by atoms with Crippen molar-refractivity contribution in [1.82, 2.24) is 24.0 Å². The van der Waals surface area contributed by atoms with Gasteiger partial charge in [0.1, 0.15) is 22.7 Å². The number of methoxy groups -OCH3 is 1. The topological polar surface area (TPSA) is 108 Å². The number of amides is 2. The smallest absolute Gasteiger partial charge is 0.254 e. The van der Waals surface area contributed by atoms with Crippen molar-refractivity contribution in [3.05, 3.63) is 65.5 Å². The Balaban J connectivity index is 1.24. The average Bonchev–Trinajstić information content (AvgIpc) is 3.30. The minimum atomic E-state index is -0.680. The lowest BCUT2D eigenvalue weighted by atomic mass is 10.1. The monoisotopic (exact) mass is 592 g/mol. The van der Waals surface area contributed by atoms with E-state index < -0.39 is 11.7 Å². The van der Waals surface area contributed by atoms with Crippen LogP contribution in [-0.2, 0) is 13.6 Å². The third-order valence-electron chi connectivity index (χ3n) is 9.71. The summed E-state index contributed by atoms with van der Waals surface area (Å²) < 4.78 is 25.1. The van der Waals surface area contributed by atoms with E-state index in [2.05, 4.69) is 10.6 Å². The first-order valence-electron chi connectivity index (χ1n) is 15.2. The van der Waals surface area contributed by atoms with E-state index in [1.54, 1.807) is 19.2 Å². The molecule has 2 atom stereocenters. The molecule has 2 aromatic carbocycles. The maximum absolute atomic E-state index is 15.1. The number of hydrogen-bond donors (Lipinski definition) is 1. The number of nitrogens with two attached hydrogens (primary N) is 1. The Morgan fingerprint density at radius 1 is 1.02 bits per heavy atom. The zero-order valence-electron chi connectivity index (χ0n) is 24.7. The van der Waals surface area contributed by atoms with Gasteiger partial charge in [0.05, 0.1) is 24.0 Å². The van der Waals surface area contributed by atoms with E-state index in [-0.39, 0.29) is 11.5 Å². The number of carbonyl (C=O) groups is 2. The summed E-state index contributed by atoms with van der Waals surface area (Å²) in [5.74, 6) is 1.30. The molecule has 2 unspecified atom stereocenters. The van der Waals surface area contributed by atoms with E-state index in [0.717, 1.165) is 72.9 Å². The van der Waals surface area contributed by atoms with E-state index >= 15 is 4.39 Å². The molecular weight excluding hydrogens is 559 g/mol. The number of aromatic nitrogens is 4. The van der Waals surface area contributed by atoms with Crippen molar-refractivity contribution in [3.8, 4) is 28.5 Å². The Hall–Kier alpha value is -4.73. The molecule has 0 radical (unpaired) electrons. The number of halogens is 1. The summed E-state index contributed by atoms with van der Waals surface area (Å²) in [6, 6.07) is 14.1. The number of piperidine rings is 1. The fraction of sp³-hybridized carbons (Fsp3) is 0.353. The molecule has 2 bridgehead atoms. The van der Waals surface area contributed by atoms with Gasteiger partial charge in [0.15, 0.2) is 5.82 Å². The number of benzene rings is 2. The third kappa shape index (κ3) is 4.26. The fourth-order valence-corrected chi connectivity index (χ4v) is 7.24. The highest BCUT2D eigenvalue weighted by atomic mass is 19.1. The quantitative estimate of drug-likeness (QED) is 0.267. The average molecular weight is 593 g/mol. The second-order valence-corrected chi connectivity index (χ2v) is 12.6. The maximum Gasteiger partial charge on any atom is 0.254 e. The van der Waals surface area contributed by atoms with E-state index in [9.17, 15) is 9.59 Å². The molecule has 2 N–H and O–H groups in total. The van der Waals surface area contributed by atoms with Gasteiger partial charge in [-0.15, -0.1) is 0 Å². The van der Waals surface area contributed by atoms with Gasteiger partial charge in [-0.3, -0.25) is 9.59 Å². The number of fused-ring (bicyclic) bond motifs is 4. The molecule has 2 aliphatic carbocycles. The van der Waals surface area contributed by atoms with Gasteiger partial charge in [0.25, 0.3) is 5.91 Å². The van der Waals surface area contributed by atoms with Crippen LogP contribution < -0.4 is 10.5 Å². The molecule has 224 valence electrons. The van der Waals surface area contributed by atoms with Gasteiger partial charge >= 0.3 is 0 Å². The predicted molar refractivity (Wildman–Crippen MR) is 165 cm³/mol. The first kappa shape index (κ1) is 26.9. The fourth-order valence-electron chi connectivity index (χ4n) is 7.24. The van der Waals surface area contributed by atoms with Crippen LogP contribution >= 0.6 is 0 Å². The zero-order valence-corrected chi connectivity index (χ0v) is 24.7. The molecule has 3 aromatic heterocycles. The maximum atomic E-state index is 15.1. The molecule has 1 saturated heterocycles. The number of ether oxygens (including phenoxy) is 1. The van der Waals surface area contributed by atoms with Gasteiger partial charge in [0, 0.05) is 48.3 Å². The Bertz CT molecular complexity index is 2010. The largest absolute Gasteiger partial charge is 0.494 e. The van der Waals surface area contributed by atoms with Crippen molar-refractivity contribution in [2.24, 2.45) is 24.6 Å². The summed E-state index contributed by atoms with van der Waals surface area (Å²) in [6.07, 6.45) is 5.67. The number of pyridine rings is 1. The molecule has 8 rings (SSSR count). The number of rotatable bonds is 7. The highest BCUT2D eigenvalue weighted by Gasteiger charge is 2.40. The Morgan fingerprint density at radius 2 is 1.86 bits per heavy atom. The molecule has 5 aromatic rings. The lowest BCUT2D eigenvalue weighted by Gasteiger charge is -2.27.